The second-order valence-corrected chi connectivity index (χ2v) is 7.81. The molecule has 7 heteroatoms. The molecule has 0 fully saturated rings. The molecule has 0 spiro atoms. The maximum absolute atomic E-state index is 6.22. The van der Waals surface area contributed by atoms with Crippen LogP contribution in [-0.2, 0) is 16.7 Å². The SMILES string of the molecule is CNCCC(C)Cc1ccc2c(c1)/C(=N\OC)C(C)(C)c1c(N)ncnc1-2.CS. The summed E-state index contributed by atoms with van der Waals surface area (Å²) in [4.78, 5) is 14.0. The van der Waals surface area contributed by atoms with Crippen LogP contribution in [0.1, 0.15) is 43.9 Å². The highest BCUT2D eigenvalue weighted by molar-refractivity contribution is 7.79. The lowest BCUT2D eigenvalue weighted by molar-refractivity contribution is 0.211. The van der Waals surface area contributed by atoms with Gasteiger partial charge in [0.25, 0.3) is 0 Å². The van der Waals surface area contributed by atoms with Gasteiger partial charge in [0, 0.05) is 22.1 Å². The van der Waals surface area contributed by atoms with Crippen molar-refractivity contribution in [2.24, 2.45) is 11.1 Å². The van der Waals surface area contributed by atoms with Crippen LogP contribution in [0.4, 0.5) is 5.82 Å². The topological polar surface area (TPSA) is 85.4 Å². The Hall–Kier alpha value is -2.12. The number of benzene rings is 1. The van der Waals surface area contributed by atoms with Crippen LogP contribution in [0.25, 0.3) is 11.3 Å². The van der Waals surface area contributed by atoms with Crippen molar-refractivity contribution in [3.63, 3.8) is 0 Å². The molecule has 1 aliphatic rings. The van der Waals surface area contributed by atoms with Gasteiger partial charge >= 0.3 is 0 Å². The van der Waals surface area contributed by atoms with E-state index in [1.54, 1.807) is 13.4 Å². The number of aromatic nitrogens is 2. The molecule has 1 aliphatic carbocycles. The van der Waals surface area contributed by atoms with E-state index in [4.69, 9.17) is 10.6 Å². The summed E-state index contributed by atoms with van der Waals surface area (Å²) in [6, 6.07) is 6.53. The van der Waals surface area contributed by atoms with Gasteiger partial charge < -0.3 is 15.9 Å². The second-order valence-electron chi connectivity index (χ2n) is 7.81. The van der Waals surface area contributed by atoms with Crippen molar-refractivity contribution in [1.82, 2.24) is 15.3 Å². The standard InChI is InChI=1S/C21H29N5O.CH4S/c1-13(8-9-23-4)10-14-6-7-15-16(11-14)19(26-27-5)21(2,3)17-18(15)24-12-25-20(17)22;1-2/h6-7,11-13,23H,8-10H2,1-5H3,(H2,22,24,25);2H,1H3/b26-19+;. The molecule has 3 N–H and O–H groups in total. The summed E-state index contributed by atoms with van der Waals surface area (Å²) in [6.45, 7) is 7.50. The summed E-state index contributed by atoms with van der Waals surface area (Å²) in [5, 5.41) is 7.61. The number of nitrogens with one attached hydrogen (secondary N) is 1. The number of fused-ring (bicyclic) bond motifs is 3. The molecule has 3 rings (SSSR count). The van der Waals surface area contributed by atoms with Gasteiger partial charge in [-0.3, -0.25) is 0 Å². The number of nitrogens with zero attached hydrogens (tertiary/aromatic N) is 3. The van der Waals surface area contributed by atoms with Crippen molar-refractivity contribution in [2.45, 2.75) is 39.0 Å². The molecular formula is C22H33N5OS. The van der Waals surface area contributed by atoms with Crippen LogP contribution in [-0.4, -0.2) is 42.6 Å². The Labute approximate surface area is 179 Å². The highest BCUT2D eigenvalue weighted by Crippen LogP contribution is 2.44. The van der Waals surface area contributed by atoms with Gasteiger partial charge in [-0.25, -0.2) is 9.97 Å². The van der Waals surface area contributed by atoms with Crippen LogP contribution in [0.3, 0.4) is 0 Å². The molecule has 29 heavy (non-hydrogen) atoms. The Bertz CT molecular complexity index is 866. The zero-order chi connectivity index (χ0) is 21.6. The molecule has 0 saturated heterocycles. The maximum atomic E-state index is 6.22. The van der Waals surface area contributed by atoms with Crippen LogP contribution in [0.5, 0.6) is 0 Å². The van der Waals surface area contributed by atoms with Gasteiger partial charge in [-0.05, 0) is 64.1 Å². The van der Waals surface area contributed by atoms with E-state index in [0.29, 0.717) is 11.7 Å². The Morgan fingerprint density at radius 2 is 1.97 bits per heavy atom. The molecule has 6 nitrogen and oxygen atoms in total. The van der Waals surface area contributed by atoms with E-state index in [0.717, 1.165) is 47.5 Å². The van der Waals surface area contributed by atoms with E-state index < -0.39 is 5.41 Å². The minimum atomic E-state index is -0.444. The summed E-state index contributed by atoms with van der Waals surface area (Å²) in [5.74, 6) is 1.09. The number of thiol groups is 1. The van der Waals surface area contributed by atoms with Crippen LogP contribution in [0, 0.1) is 5.92 Å². The highest BCUT2D eigenvalue weighted by Gasteiger charge is 2.40. The van der Waals surface area contributed by atoms with Crippen LogP contribution in [0.2, 0.25) is 0 Å². The van der Waals surface area contributed by atoms with Gasteiger partial charge in [0.2, 0.25) is 0 Å². The number of oxime groups is 1. The fourth-order valence-electron chi connectivity index (χ4n) is 3.95. The number of nitrogen functional groups attached to an aromatic ring is 1. The number of nitrogens with two attached hydrogens (primary N) is 1. The Morgan fingerprint density at radius 1 is 1.24 bits per heavy atom. The van der Waals surface area contributed by atoms with Crippen molar-refractivity contribution < 1.29 is 4.84 Å². The van der Waals surface area contributed by atoms with E-state index in [2.05, 4.69) is 72.0 Å². The molecule has 0 aliphatic heterocycles. The molecule has 1 heterocycles. The molecule has 0 amide bonds. The summed E-state index contributed by atoms with van der Waals surface area (Å²) < 4.78 is 0. The second kappa shape index (κ2) is 10.1. The van der Waals surface area contributed by atoms with Gasteiger partial charge in [0.15, 0.2) is 0 Å². The zero-order valence-electron chi connectivity index (χ0n) is 18.3. The molecule has 1 aromatic carbocycles. The first-order valence-corrected chi connectivity index (χ1v) is 10.7. The van der Waals surface area contributed by atoms with Crippen molar-refractivity contribution in [1.29, 1.82) is 0 Å². The monoisotopic (exact) mass is 415 g/mol. The van der Waals surface area contributed by atoms with E-state index in [1.807, 2.05) is 7.05 Å². The summed E-state index contributed by atoms with van der Waals surface area (Å²) >= 11 is 3.53. The normalized spacial score (nSPS) is 16.3. The molecule has 158 valence electrons. The van der Waals surface area contributed by atoms with Gasteiger partial charge in [-0.2, -0.15) is 12.6 Å². The minimum absolute atomic E-state index is 0.444. The number of anilines is 1. The van der Waals surface area contributed by atoms with Gasteiger partial charge in [-0.15, -0.1) is 0 Å². The fraction of sp³-hybridized carbons (Fsp3) is 0.500. The fourth-order valence-corrected chi connectivity index (χ4v) is 3.95. The molecule has 1 unspecified atom stereocenters. The lowest BCUT2D eigenvalue weighted by atomic mass is 9.70. The average Bonchev–Trinajstić information content (AvgIpc) is 2.70. The number of hydrogen-bond acceptors (Lipinski definition) is 7. The molecule has 2 aromatic rings. The van der Waals surface area contributed by atoms with Crippen molar-refractivity contribution in [3.8, 4) is 11.3 Å². The molecule has 0 saturated carbocycles. The first-order valence-electron chi connectivity index (χ1n) is 9.85. The van der Waals surface area contributed by atoms with Gasteiger partial charge in [0.05, 0.1) is 11.4 Å². The predicted molar refractivity (Wildman–Crippen MR) is 125 cm³/mol. The Balaban J connectivity index is 0.00000145. The lowest BCUT2D eigenvalue weighted by Gasteiger charge is -2.34. The smallest absolute Gasteiger partial charge is 0.131 e. The Morgan fingerprint density at radius 3 is 2.62 bits per heavy atom. The number of rotatable bonds is 6. The first kappa shape index (κ1) is 23.2. The van der Waals surface area contributed by atoms with E-state index in [1.165, 1.54) is 11.9 Å². The van der Waals surface area contributed by atoms with Crippen LogP contribution < -0.4 is 11.1 Å². The zero-order valence-corrected chi connectivity index (χ0v) is 19.2. The Kier molecular flexibility index (Phi) is 8.05. The average molecular weight is 416 g/mol. The molecule has 0 bridgehead atoms. The molecule has 1 atom stereocenters. The molecular weight excluding hydrogens is 382 g/mol. The minimum Gasteiger partial charge on any atom is -0.399 e. The molecule has 1 aromatic heterocycles. The van der Waals surface area contributed by atoms with E-state index >= 15 is 0 Å². The van der Waals surface area contributed by atoms with Crippen molar-refractivity contribution in [3.05, 3.63) is 41.2 Å². The third-order valence-corrected chi connectivity index (χ3v) is 5.34. The predicted octanol–water partition coefficient (Wildman–Crippen LogP) is 3.70. The summed E-state index contributed by atoms with van der Waals surface area (Å²) in [6.07, 6.45) is 5.39. The molecule has 0 radical (unpaired) electrons. The quantitative estimate of drug-likeness (QED) is 0.495. The van der Waals surface area contributed by atoms with Crippen LogP contribution in [0.15, 0.2) is 29.7 Å². The summed E-state index contributed by atoms with van der Waals surface area (Å²) in [5.41, 5.74) is 11.8. The summed E-state index contributed by atoms with van der Waals surface area (Å²) in [7, 11) is 3.57. The lowest BCUT2D eigenvalue weighted by Crippen LogP contribution is -2.36. The first-order chi connectivity index (χ1) is 13.9. The van der Waals surface area contributed by atoms with Gasteiger partial charge in [-0.1, -0.05) is 24.2 Å². The number of hydrogen-bond donors (Lipinski definition) is 3. The van der Waals surface area contributed by atoms with Crippen LogP contribution >= 0.6 is 12.6 Å². The van der Waals surface area contributed by atoms with E-state index in [9.17, 15) is 0 Å². The van der Waals surface area contributed by atoms with Crippen molar-refractivity contribution >= 4 is 24.2 Å². The highest BCUT2D eigenvalue weighted by atomic mass is 32.1. The van der Waals surface area contributed by atoms with E-state index in [-0.39, 0.29) is 0 Å². The third kappa shape index (κ3) is 4.73. The van der Waals surface area contributed by atoms with Crippen molar-refractivity contribution in [2.75, 3.05) is 32.7 Å². The largest absolute Gasteiger partial charge is 0.399 e. The maximum Gasteiger partial charge on any atom is 0.131 e. The van der Waals surface area contributed by atoms with Gasteiger partial charge in [0.1, 0.15) is 19.3 Å². The third-order valence-electron chi connectivity index (χ3n) is 5.34.